The van der Waals surface area contributed by atoms with Crippen LogP contribution in [0.4, 0.5) is 0 Å². The number of nitrogens with zero attached hydrogens (tertiary/aromatic N) is 3. The van der Waals surface area contributed by atoms with Crippen molar-refractivity contribution in [1.82, 2.24) is 14.3 Å². The summed E-state index contributed by atoms with van der Waals surface area (Å²) in [6.45, 7) is 0.702. The molecule has 0 aliphatic rings. The molecule has 0 spiro atoms. The molecule has 0 unspecified atom stereocenters. The Hall–Kier alpha value is -2.62. The van der Waals surface area contributed by atoms with Gasteiger partial charge in [-0.25, -0.2) is 4.68 Å². The summed E-state index contributed by atoms with van der Waals surface area (Å²) in [4.78, 5) is 11.0. The Morgan fingerprint density at radius 2 is 1.74 bits per heavy atom. The Labute approximate surface area is 110 Å². The van der Waals surface area contributed by atoms with Gasteiger partial charge in [-0.2, -0.15) is 5.10 Å². The Bertz CT molecular complexity index is 708. The van der Waals surface area contributed by atoms with E-state index >= 15 is 0 Å². The van der Waals surface area contributed by atoms with Crippen molar-refractivity contribution in [2.24, 2.45) is 0 Å². The molecule has 94 valence electrons. The molecule has 0 amide bonds. The fraction of sp³-hybridized carbons (Fsp3) is 0.0667. The van der Waals surface area contributed by atoms with Gasteiger partial charge in [0.25, 0.3) is 0 Å². The summed E-state index contributed by atoms with van der Waals surface area (Å²) in [7, 11) is 0. The van der Waals surface area contributed by atoms with E-state index in [0.29, 0.717) is 6.54 Å². The van der Waals surface area contributed by atoms with E-state index in [2.05, 4.69) is 5.10 Å². The molecule has 19 heavy (non-hydrogen) atoms. The van der Waals surface area contributed by atoms with Crippen LogP contribution < -0.4 is 5.43 Å². The van der Waals surface area contributed by atoms with Gasteiger partial charge in [-0.1, -0.05) is 18.2 Å². The first-order valence-corrected chi connectivity index (χ1v) is 6.06. The van der Waals surface area contributed by atoms with Gasteiger partial charge in [0, 0.05) is 36.3 Å². The summed E-state index contributed by atoms with van der Waals surface area (Å²) in [5.74, 6) is 0. The Morgan fingerprint density at radius 3 is 2.47 bits per heavy atom. The smallest absolute Gasteiger partial charge is 0.181 e. The summed E-state index contributed by atoms with van der Waals surface area (Å²) in [5.41, 5.74) is 2.15. The van der Waals surface area contributed by atoms with Crippen molar-refractivity contribution in [3.63, 3.8) is 0 Å². The van der Waals surface area contributed by atoms with Crippen LogP contribution in [-0.4, -0.2) is 14.3 Å². The zero-order chi connectivity index (χ0) is 13.1. The quantitative estimate of drug-likeness (QED) is 0.715. The monoisotopic (exact) mass is 251 g/mol. The molecule has 0 saturated carbocycles. The minimum Gasteiger partial charge on any atom is -0.350 e. The summed E-state index contributed by atoms with van der Waals surface area (Å²) in [6.07, 6.45) is 7.39. The maximum absolute atomic E-state index is 11.0. The Balaban J connectivity index is 1.82. The topological polar surface area (TPSA) is 39.8 Å². The number of para-hydroxylation sites is 1. The predicted molar refractivity (Wildman–Crippen MR) is 73.4 cm³/mol. The molecule has 0 bridgehead atoms. The minimum atomic E-state index is 0.0243. The maximum atomic E-state index is 11.0. The fourth-order valence-electron chi connectivity index (χ4n) is 1.92. The largest absolute Gasteiger partial charge is 0.350 e. The van der Waals surface area contributed by atoms with Crippen LogP contribution in [0.15, 0.2) is 72.0 Å². The third kappa shape index (κ3) is 2.63. The van der Waals surface area contributed by atoms with Crippen LogP contribution >= 0.6 is 0 Å². The first-order chi connectivity index (χ1) is 9.31. The van der Waals surface area contributed by atoms with Crippen LogP contribution in [0.3, 0.4) is 0 Å². The van der Waals surface area contributed by atoms with E-state index in [4.69, 9.17) is 0 Å². The second kappa shape index (κ2) is 4.94. The molecular weight excluding hydrogens is 238 g/mol. The summed E-state index contributed by atoms with van der Waals surface area (Å²) in [6, 6.07) is 13.1. The summed E-state index contributed by atoms with van der Waals surface area (Å²) < 4.78 is 3.80. The van der Waals surface area contributed by atoms with E-state index in [1.165, 1.54) is 0 Å². The number of rotatable bonds is 3. The highest BCUT2D eigenvalue weighted by molar-refractivity contribution is 5.30. The highest BCUT2D eigenvalue weighted by Gasteiger charge is 2.00. The van der Waals surface area contributed by atoms with Crippen LogP contribution in [0.1, 0.15) is 5.56 Å². The summed E-state index contributed by atoms with van der Waals surface area (Å²) in [5, 5.41) is 4.34. The van der Waals surface area contributed by atoms with Crippen molar-refractivity contribution in [3.8, 4) is 5.69 Å². The van der Waals surface area contributed by atoms with Gasteiger partial charge in [0.15, 0.2) is 5.43 Å². The Morgan fingerprint density at radius 1 is 1.00 bits per heavy atom. The van der Waals surface area contributed by atoms with Gasteiger partial charge in [0.2, 0.25) is 0 Å². The lowest BCUT2D eigenvalue weighted by Gasteiger charge is -2.02. The molecule has 0 atom stereocenters. The van der Waals surface area contributed by atoms with Crippen molar-refractivity contribution in [2.75, 3.05) is 0 Å². The average Bonchev–Trinajstić information content (AvgIpc) is 2.91. The second-order valence-corrected chi connectivity index (χ2v) is 4.33. The standard InChI is InChI=1S/C15H13N3O/c19-15-6-8-17(9-7-15)11-13-10-16-18(12-13)14-4-2-1-3-5-14/h1-10,12H,11H2. The van der Waals surface area contributed by atoms with Crippen molar-refractivity contribution >= 4 is 0 Å². The van der Waals surface area contributed by atoms with Crippen molar-refractivity contribution < 1.29 is 0 Å². The molecule has 0 N–H and O–H groups in total. The lowest BCUT2D eigenvalue weighted by atomic mass is 10.3. The third-order valence-electron chi connectivity index (χ3n) is 2.88. The van der Waals surface area contributed by atoms with Gasteiger partial charge >= 0.3 is 0 Å². The van der Waals surface area contributed by atoms with Gasteiger partial charge in [-0.3, -0.25) is 4.79 Å². The van der Waals surface area contributed by atoms with Crippen LogP contribution in [0, 0.1) is 0 Å². The predicted octanol–water partition coefficient (Wildman–Crippen LogP) is 2.08. The molecule has 2 heterocycles. The lowest BCUT2D eigenvalue weighted by molar-refractivity contribution is 0.788. The van der Waals surface area contributed by atoms with Gasteiger partial charge in [-0.05, 0) is 12.1 Å². The average molecular weight is 251 g/mol. The van der Waals surface area contributed by atoms with Crippen LogP contribution in [0.5, 0.6) is 0 Å². The van der Waals surface area contributed by atoms with Gasteiger partial charge in [0.05, 0.1) is 18.4 Å². The maximum Gasteiger partial charge on any atom is 0.181 e. The molecule has 3 aromatic rings. The highest BCUT2D eigenvalue weighted by Crippen LogP contribution is 2.08. The van der Waals surface area contributed by atoms with E-state index in [1.807, 2.05) is 52.0 Å². The van der Waals surface area contributed by atoms with E-state index in [9.17, 15) is 4.79 Å². The molecule has 1 aromatic carbocycles. The second-order valence-electron chi connectivity index (χ2n) is 4.33. The molecule has 0 saturated heterocycles. The van der Waals surface area contributed by atoms with E-state index in [1.54, 1.807) is 24.5 Å². The highest BCUT2D eigenvalue weighted by atomic mass is 16.1. The number of hydrogen-bond acceptors (Lipinski definition) is 2. The molecule has 2 aromatic heterocycles. The molecule has 0 fully saturated rings. The molecule has 4 heteroatoms. The van der Waals surface area contributed by atoms with Crippen molar-refractivity contribution in [2.45, 2.75) is 6.54 Å². The first kappa shape index (κ1) is 11.5. The number of benzene rings is 1. The SMILES string of the molecule is O=c1ccn(Cc2cnn(-c3ccccc3)c2)cc1. The minimum absolute atomic E-state index is 0.0243. The van der Waals surface area contributed by atoms with Gasteiger partial charge in [-0.15, -0.1) is 0 Å². The molecule has 3 rings (SSSR count). The van der Waals surface area contributed by atoms with E-state index in [0.717, 1.165) is 11.3 Å². The van der Waals surface area contributed by atoms with Crippen molar-refractivity contribution in [1.29, 1.82) is 0 Å². The molecule has 0 radical (unpaired) electrons. The number of pyridine rings is 1. The van der Waals surface area contributed by atoms with Gasteiger partial charge in [0.1, 0.15) is 0 Å². The third-order valence-corrected chi connectivity index (χ3v) is 2.88. The zero-order valence-corrected chi connectivity index (χ0v) is 10.3. The number of hydrogen-bond donors (Lipinski definition) is 0. The van der Waals surface area contributed by atoms with Crippen LogP contribution in [0.2, 0.25) is 0 Å². The first-order valence-electron chi connectivity index (χ1n) is 6.06. The normalized spacial score (nSPS) is 10.5. The fourth-order valence-corrected chi connectivity index (χ4v) is 1.92. The molecular formula is C15H13N3O. The van der Waals surface area contributed by atoms with E-state index < -0.39 is 0 Å². The zero-order valence-electron chi connectivity index (χ0n) is 10.3. The molecule has 4 nitrogen and oxygen atoms in total. The lowest BCUT2D eigenvalue weighted by Crippen LogP contribution is -2.04. The van der Waals surface area contributed by atoms with Crippen LogP contribution in [-0.2, 0) is 6.54 Å². The summed E-state index contributed by atoms with van der Waals surface area (Å²) >= 11 is 0. The van der Waals surface area contributed by atoms with E-state index in [-0.39, 0.29) is 5.43 Å². The van der Waals surface area contributed by atoms with Crippen molar-refractivity contribution in [3.05, 3.63) is 83.0 Å². The van der Waals surface area contributed by atoms with Crippen LogP contribution in [0.25, 0.3) is 5.69 Å². The molecule has 0 aliphatic carbocycles. The number of aromatic nitrogens is 3. The Kier molecular flexibility index (Phi) is 2.98. The molecule has 0 aliphatic heterocycles. The van der Waals surface area contributed by atoms with Gasteiger partial charge < -0.3 is 4.57 Å².